The van der Waals surface area contributed by atoms with Gasteiger partial charge in [0.25, 0.3) is 0 Å². The SMILES string of the molecule is COc1ccc(CNC2CC2)c(OCCC(C)(C)C#N)c1. The second kappa shape index (κ2) is 6.82. The van der Waals surface area contributed by atoms with Crippen LogP contribution in [-0.4, -0.2) is 19.8 Å². The van der Waals surface area contributed by atoms with Crippen LogP contribution in [0.25, 0.3) is 0 Å². The van der Waals surface area contributed by atoms with Crippen LogP contribution in [0.1, 0.15) is 38.7 Å². The van der Waals surface area contributed by atoms with Gasteiger partial charge in [-0.15, -0.1) is 0 Å². The van der Waals surface area contributed by atoms with Crippen molar-refractivity contribution in [1.29, 1.82) is 5.26 Å². The van der Waals surface area contributed by atoms with Crippen LogP contribution in [0.5, 0.6) is 11.5 Å². The van der Waals surface area contributed by atoms with E-state index in [1.165, 1.54) is 12.8 Å². The molecule has 4 heteroatoms. The Morgan fingerprint density at radius 1 is 1.38 bits per heavy atom. The Bertz CT molecular complexity index is 516. The molecular weight excluding hydrogens is 264 g/mol. The van der Waals surface area contributed by atoms with Crippen LogP contribution in [-0.2, 0) is 6.54 Å². The van der Waals surface area contributed by atoms with Crippen molar-refractivity contribution in [3.05, 3.63) is 23.8 Å². The molecule has 0 heterocycles. The van der Waals surface area contributed by atoms with Crippen LogP contribution < -0.4 is 14.8 Å². The molecular formula is C17H24N2O2. The molecule has 1 fully saturated rings. The number of nitrogens with zero attached hydrogens (tertiary/aromatic N) is 1. The lowest BCUT2D eigenvalue weighted by atomic mass is 9.92. The molecule has 1 aliphatic carbocycles. The molecule has 1 N–H and O–H groups in total. The minimum Gasteiger partial charge on any atom is -0.497 e. The van der Waals surface area contributed by atoms with Gasteiger partial charge in [0.1, 0.15) is 11.5 Å². The minimum absolute atomic E-state index is 0.356. The molecule has 21 heavy (non-hydrogen) atoms. The van der Waals surface area contributed by atoms with Crippen molar-refractivity contribution in [2.45, 2.75) is 45.7 Å². The number of rotatable bonds is 8. The molecule has 0 spiro atoms. The highest BCUT2D eigenvalue weighted by molar-refractivity contribution is 5.40. The zero-order valence-electron chi connectivity index (χ0n) is 13.1. The van der Waals surface area contributed by atoms with Crippen LogP contribution in [0.3, 0.4) is 0 Å². The van der Waals surface area contributed by atoms with E-state index in [9.17, 15) is 0 Å². The Balaban J connectivity index is 1.98. The summed E-state index contributed by atoms with van der Waals surface area (Å²) in [5.74, 6) is 1.64. The first-order valence-corrected chi connectivity index (χ1v) is 7.48. The second-order valence-corrected chi connectivity index (χ2v) is 6.22. The molecule has 114 valence electrons. The molecule has 1 aromatic carbocycles. The molecule has 1 aromatic rings. The Kier molecular flexibility index (Phi) is 5.08. The van der Waals surface area contributed by atoms with Gasteiger partial charge < -0.3 is 14.8 Å². The Morgan fingerprint density at radius 2 is 2.14 bits per heavy atom. The molecule has 0 radical (unpaired) electrons. The largest absolute Gasteiger partial charge is 0.497 e. The minimum atomic E-state index is -0.356. The van der Waals surface area contributed by atoms with Gasteiger partial charge in [-0.3, -0.25) is 0 Å². The maximum atomic E-state index is 9.04. The van der Waals surface area contributed by atoms with Crippen molar-refractivity contribution in [3.8, 4) is 17.6 Å². The maximum absolute atomic E-state index is 9.04. The number of ether oxygens (including phenoxy) is 2. The molecule has 1 aliphatic rings. The van der Waals surface area contributed by atoms with Gasteiger partial charge in [-0.1, -0.05) is 6.07 Å². The van der Waals surface area contributed by atoms with Crippen LogP contribution in [0.4, 0.5) is 0 Å². The van der Waals surface area contributed by atoms with Crippen molar-refractivity contribution < 1.29 is 9.47 Å². The number of nitriles is 1. The predicted octanol–water partition coefficient (Wildman–Crippen LogP) is 3.27. The Hall–Kier alpha value is -1.73. The third-order valence-electron chi connectivity index (χ3n) is 3.72. The number of benzene rings is 1. The van der Waals surface area contributed by atoms with Gasteiger partial charge in [-0.05, 0) is 39.2 Å². The third kappa shape index (κ3) is 4.95. The highest BCUT2D eigenvalue weighted by Crippen LogP contribution is 2.28. The molecule has 1 saturated carbocycles. The van der Waals surface area contributed by atoms with E-state index >= 15 is 0 Å². The van der Waals surface area contributed by atoms with E-state index in [0.29, 0.717) is 19.1 Å². The van der Waals surface area contributed by atoms with Crippen LogP contribution in [0, 0.1) is 16.7 Å². The maximum Gasteiger partial charge on any atom is 0.127 e. The standard InChI is InChI=1S/C17H24N2O2/c1-17(2,12-18)8-9-21-16-10-15(20-3)7-4-13(16)11-19-14-5-6-14/h4,7,10,14,19H,5-6,8-9,11H2,1-3H3. The molecule has 0 unspecified atom stereocenters. The van der Waals surface area contributed by atoms with E-state index in [4.69, 9.17) is 14.7 Å². The quantitative estimate of drug-likeness (QED) is 0.797. The fraction of sp³-hybridized carbons (Fsp3) is 0.588. The average molecular weight is 288 g/mol. The van der Waals surface area contributed by atoms with Gasteiger partial charge in [0.05, 0.1) is 25.2 Å². The summed E-state index contributed by atoms with van der Waals surface area (Å²) >= 11 is 0. The van der Waals surface area contributed by atoms with Crippen molar-refractivity contribution in [1.82, 2.24) is 5.32 Å². The number of methoxy groups -OCH3 is 1. The fourth-order valence-electron chi connectivity index (χ4n) is 1.96. The van der Waals surface area contributed by atoms with E-state index in [1.54, 1.807) is 7.11 Å². The summed E-state index contributed by atoms with van der Waals surface area (Å²) in [6, 6.07) is 8.88. The summed E-state index contributed by atoms with van der Waals surface area (Å²) in [4.78, 5) is 0. The van der Waals surface area contributed by atoms with E-state index in [1.807, 2.05) is 32.0 Å². The first kappa shape index (κ1) is 15.7. The van der Waals surface area contributed by atoms with Crippen molar-refractivity contribution in [2.24, 2.45) is 5.41 Å². The summed E-state index contributed by atoms with van der Waals surface area (Å²) < 4.78 is 11.2. The van der Waals surface area contributed by atoms with Gasteiger partial charge in [-0.25, -0.2) is 0 Å². The van der Waals surface area contributed by atoms with Crippen molar-refractivity contribution in [2.75, 3.05) is 13.7 Å². The lowest BCUT2D eigenvalue weighted by Gasteiger charge is -2.17. The molecule has 0 aliphatic heterocycles. The molecule has 0 atom stereocenters. The Morgan fingerprint density at radius 3 is 2.76 bits per heavy atom. The molecule has 0 bridgehead atoms. The third-order valence-corrected chi connectivity index (χ3v) is 3.72. The lowest BCUT2D eigenvalue weighted by molar-refractivity contribution is 0.260. The first-order valence-electron chi connectivity index (χ1n) is 7.48. The molecule has 0 amide bonds. The highest BCUT2D eigenvalue weighted by atomic mass is 16.5. The van der Waals surface area contributed by atoms with Gasteiger partial charge >= 0.3 is 0 Å². The molecule has 0 aromatic heterocycles. The van der Waals surface area contributed by atoms with Crippen LogP contribution >= 0.6 is 0 Å². The number of nitrogens with one attached hydrogen (secondary N) is 1. The van der Waals surface area contributed by atoms with Gasteiger partial charge in [-0.2, -0.15) is 5.26 Å². The van der Waals surface area contributed by atoms with Crippen molar-refractivity contribution >= 4 is 0 Å². The summed E-state index contributed by atoms with van der Waals surface area (Å²) in [5.41, 5.74) is 0.781. The second-order valence-electron chi connectivity index (χ2n) is 6.22. The normalized spacial score (nSPS) is 14.6. The summed E-state index contributed by atoms with van der Waals surface area (Å²) in [6.07, 6.45) is 3.24. The molecule has 4 nitrogen and oxygen atoms in total. The van der Waals surface area contributed by atoms with Crippen LogP contribution in [0.2, 0.25) is 0 Å². The zero-order chi connectivity index (χ0) is 15.3. The average Bonchev–Trinajstić information content (AvgIpc) is 3.30. The van der Waals surface area contributed by atoms with Gasteiger partial charge in [0, 0.05) is 24.2 Å². The number of hydrogen-bond donors (Lipinski definition) is 1. The Labute approximate surface area is 127 Å². The van der Waals surface area contributed by atoms with E-state index in [2.05, 4.69) is 11.4 Å². The van der Waals surface area contributed by atoms with E-state index in [0.717, 1.165) is 23.6 Å². The van der Waals surface area contributed by atoms with Gasteiger partial charge in [0.2, 0.25) is 0 Å². The first-order chi connectivity index (χ1) is 10.0. The summed E-state index contributed by atoms with van der Waals surface area (Å²) in [7, 11) is 1.65. The smallest absolute Gasteiger partial charge is 0.127 e. The number of hydrogen-bond acceptors (Lipinski definition) is 4. The topological polar surface area (TPSA) is 54.3 Å². The fourth-order valence-corrected chi connectivity index (χ4v) is 1.96. The molecule has 2 rings (SSSR count). The monoisotopic (exact) mass is 288 g/mol. The molecule has 0 saturated heterocycles. The highest BCUT2D eigenvalue weighted by Gasteiger charge is 2.21. The zero-order valence-corrected chi connectivity index (χ0v) is 13.1. The van der Waals surface area contributed by atoms with Crippen LogP contribution in [0.15, 0.2) is 18.2 Å². The predicted molar refractivity (Wildman–Crippen MR) is 82.4 cm³/mol. The lowest BCUT2D eigenvalue weighted by Crippen LogP contribution is -2.17. The van der Waals surface area contributed by atoms with E-state index in [-0.39, 0.29) is 5.41 Å². The van der Waals surface area contributed by atoms with Crippen molar-refractivity contribution in [3.63, 3.8) is 0 Å². The summed E-state index contributed by atoms with van der Waals surface area (Å²) in [5, 5.41) is 12.5. The van der Waals surface area contributed by atoms with E-state index < -0.39 is 0 Å². The summed E-state index contributed by atoms with van der Waals surface area (Å²) in [6.45, 7) is 5.20. The van der Waals surface area contributed by atoms with Gasteiger partial charge in [0.15, 0.2) is 0 Å².